The summed E-state index contributed by atoms with van der Waals surface area (Å²) in [5.74, 6) is 1.02. The van der Waals surface area contributed by atoms with Gasteiger partial charge in [-0.15, -0.1) is 13.2 Å². The Labute approximate surface area is 201 Å². The lowest BCUT2D eigenvalue weighted by Gasteiger charge is -2.42. The molecule has 3 aromatic carbocycles. The van der Waals surface area contributed by atoms with Gasteiger partial charge in [-0.25, -0.2) is 13.1 Å². The Morgan fingerprint density at radius 3 is 2.09 bits per heavy atom. The molecule has 3 aromatic rings. The molecule has 0 radical (unpaired) electrons. The normalized spacial score (nSPS) is 19.9. The van der Waals surface area contributed by atoms with Gasteiger partial charge in [0.1, 0.15) is 5.75 Å². The van der Waals surface area contributed by atoms with Gasteiger partial charge in [-0.2, -0.15) is 0 Å². The van der Waals surface area contributed by atoms with Gasteiger partial charge in [-0.05, 0) is 74.2 Å². The van der Waals surface area contributed by atoms with Gasteiger partial charge in [-0.1, -0.05) is 24.3 Å². The fraction of sp³-hybridized carbons (Fsp3) is 0.280. The molecular weight excluding hydrogens is 481 g/mol. The number of nitrogens with zero attached hydrogens (tertiary/aromatic N) is 1. The number of hydrogen-bond acceptors (Lipinski definition) is 5. The van der Waals surface area contributed by atoms with Crippen LogP contribution in [0, 0.1) is 0 Å². The number of anilines is 2. The van der Waals surface area contributed by atoms with Crippen LogP contribution in [0.1, 0.15) is 25.7 Å². The van der Waals surface area contributed by atoms with Crippen LogP contribution in [0.3, 0.4) is 0 Å². The van der Waals surface area contributed by atoms with E-state index in [0.29, 0.717) is 12.8 Å². The van der Waals surface area contributed by atoms with Crippen LogP contribution in [0.2, 0.25) is 0 Å². The monoisotopic (exact) mass is 504 g/mol. The molecule has 2 atom stereocenters. The second-order valence-electron chi connectivity index (χ2n) is 8.57. The van der Waals surface area contributed by atoms with Crippen LogP contribution >= 0.6 is 0 Å². The van der Waals surface area contributed by atoms with Gasteiger partial charge < -0.3 is 14.4 Å². The summed E-state index contributed by atoms with van der Waals surface area (Å²) in [7, 11) is -3.93. The molecule has 184 valence electrons. The Kier molecular flexibility index (Phi) is 6.10. The van der Waals surface area contributed by atoms with Crippen LogP contribution in [0.15, 0.2) is 77.7 Å². The number of hydrogen-bond donors (Lipinski definition) is 1. The SMILES string of the molecule is O=S(=O)(NC1CCCC(N2c3ccccc3Oc3ccccc32)C1)c1ccc(OC(F)(F)F)cc1. The predicted molar refractivity (Wildman–Crippen MR) is 125 cm³/mol. The molecule has 0 spiro atoms. The van der Waals surface area contributed by atoms with Crippen molar-refractivity contribution < 1.29 is 31.1 Å². The smallest absolute Gasteiger partial charge is 0.453 e. The molecule has 1 heterocycles. The van der Waals surface area contributed by atoms with E-state index in [1.807, 2.05) is 48.5 Å². The van der Waals surface area contributed by atoms with Crippen molar-refractivity contribution in [3.05, 3.63) is 72.8 Å². The first-order chi connectivity index (χ1) is 16.7. The number of benzene rings is 3. The van der Waals surface area contributed by atoms with Gasteiger partial charge in [0.25, 0.3) is 0 Å². The first-order valence-electron chi connectivity index (χ1n) is 11.2. The number of para-hydroxylation sites is 4. The molecule has 1 aliphatic carbocycles. The second kappa shape index (κ2) is 9.09. The molecule has 1 saturated carbocycles. The average molecular weight is 505 g/mol. The number of halogens is 3. The van der Waals surface area contributed by atoms with Crippen LogP contribution in [0.25, 0.3) is 0 Å². The van der Waals surface area contributed by atoms with Crippen molar-refractivity contribution >= 4 is 21.4 Å². The molecular formula is C25H23F3N2O4S. The van der Waals surface area contributed by atoms with E-state index in [1.54, 1.807) is 0 Å². The molecule has 2 aliphatic rings. The molecule has 35 heavy (non-hydrogen) atoms. The van der Waals surface area contributed by atoms with Crippen LogP contribution < -0.4 is 19.1 Å². The Bertz CT molecular complexity index is 1270. The Hall–Kier alpha value is -3.24. The zero-order valence-corrected chi connectivity index (χ0v) is 19.4. The highest BCUT2D eigenvalue weighted by atomic mass is 32.2. The van der Waals surface area contributed by atoms with Crippen LogP contribution in [0.4, 0.5) is 24.5 Å². The van der Waals surface area contributed by atoms with Gasteiger partial charge >= 0.3 is 6.36 Å². The predicted octanol–water partition coefficient (Wildman–Crippen LogP) is 6.12. The lowest BCUT2D eigenvalue weighted by atomic mass is 9.89. The van der Waals surface area contributed by atoms with Crippen molar-refractivity contribution in [1.29, 1.82) is 0 Å². The first-order valence-corrected chi connectivity index (χ1v) is 12.7. The van der Waals surface area contributed by atoms with Crippen molar-refractivity contribution in [2.75, 3.05) is 4.90 Å². The number of rotatable bonds is 5. The Morgan fingerprint density at radius 2 is 1.49 bits per heavy atom. The number of fused-ring (bicyclic) bond motifs is 2. The largest absolute Gasteiger partial charge is 0.573 e. The minimum atomic E-state index is -4.84. The van der Waals surface area contributed by atoms with E-state index < -0.39 is 22.1 Å². The van der Waals surface area contributed by atoms with Crippen LogP contribution in [-0.4, -0.2) is 26.9 Å². The van der Waals surface area contributed by atoms with Crippen molar-refractivity contribution in [1.82, 2.24) is 4.72 Å². The van der Waals surface area contributed by atoms with E-state index in [-0.39, 0.29) is 17.0 Å². The average Bonchev–Trinajstić information content (AvgIpc) is 2.81. The molecule has 0 saturated heterocycles. The van der Waals surface area contributed by atoms with E-state index in [2.05, 4.69) is 14.4 Å². The first kappa shape index (κ1) is 23.5. The van der Waals surface area contributed by atoms with E-state index in [1.165, 1.54) is 0 Å². The summed E-state index contributed by atoms with van der Waals surface area (Å²) in [4.78, 5) is 2.11. The van der Waals surface area contributed by atoms with Crippen molar-refractivity contribution in [3.63, 3.8) is 0 Å². The maximum absolute atomic E-state index is 13.0. The molecule has 10 heteroatoms. The minimum Gasteiger partial charge on any atom is -0.453 e. The Morgan fingerprint density at radius 1 is 0.886 bits per heavy atom. The van der Waals surface area contributed by atoms with Gasteiger partial charge in [0.2, 0.25) is 10.0 Å². The molecule has 1 N–H and O–H groups in total. The summed E-state index contributed by atoms with van der Waals surface area (Å²) in [6.45, 7) is 0. The third kappa shape index (κ3) is 5.08. The number of sulfonamides is 1. The van der Waals surface area contributed by atoms with E-state index in [0.717, 1.165) is 60.0 Å². The van der Waals surface area contributed by atoms with Crippen LogP contribution in [0.5, 0.6) is 17.2 Å². The molecule has 0 amide bonds. The summed E-state index contributed by atoms with van der Waals surface area (Å²) >= 11 is 0. The Balaban J connectivity index is 1.35. The molecule has 1 aliphatic heterocycles. The summed E-state index contributed by atoms with van der Waals surface area (Å²) in [6.07, 6.45) is -1.91. The number of alkyl halides is 3. The molecule has 6 nitrogen and oxygen atoms in total. The summed E-state index contributed by atoms with van der Waals surface area (Å²) in [6, 6.07) is 19.4. The quantitative estimate of drug-likeness (QED) is 0.454. The molecule has 0 bridgehead atoms. The molecule has 5 rings (SSSR count). The maximum atomic E-state index is 13.0. The second-order valence-corrected chi connectivity index (χ2v) is 10.3. The van der Waals surface area contributed by atoms with Gasteiger partial charge in [-0.3, -0.25) is 0 Å². The third-order valence-electron chi connectivity index (χ3n) is 6.17. The highest BCUT2D eigenvalue weighted by Crippen LogP contribution is 2.49. The van der Waals surface area contributed by atoms with Gasteiger partial charge in [0, 0.05) is 12.1 Å². The van der Waals surface area contributed by atoms with Crippen molar-refractivity contribution in [2.45, 2.75) is 49.0 Å². The standard InChI is InChI=1S/C25H23F3N2O4S/c26-25(27,28)34-19-12-14-20(15-13-19)35(31,32)29-17-6-5-7-18(16-17)30-21-8-1-3-10-23(21)33-24-11-4-2-9-22(24)30/h1-4,8-15,17-18,29H,5-7,16H2. The lowest BCUT2D eigenvalue weighted by molar-refractivity contribution is -0.274. The highest BCUT2D eigenvalue weighted by molar-refractivity contribution is 7.89. The van der Waals surface area contributed by atoms with E-state index in [9.17, 15) is 21.6 Å². The fourth-order valence-electron chi connectivity index (χ4n) is 4.74. The zero-order valence-electron chi connectivity index (χ0n) is 18.5. The minimum absolute atomic E-state index is 0.0326. The number of nitrogens with one attached hydrogen (secondary N) is 1. The van der Waals surface area contributed by atoms with Gasteiger partial charge in [0.05, 0.1) is 16.3 Å². The van der Waals surface area contributed by atoms with E-state index >= 15 is 0 Å². The van der Waals surface area contributed by atoms with Gasteiger partial charge in [0.15, 0.2) is 11.5 Å². The summed E-state index contributed by atoms with van der Waals surface area (Å²) < 4.78 is 75.8. The molecule has 2 unspecified atom stereocenters. The zero-order chi connectivity index (χ0) is 24.6. The van der Waals surface area contributed by atoms with E-state index in [4.69, 9.17) is 4.74 Å². The third-order valence-corrected chi connectivity index (χ3v) is 7.71. The lowest BCUT2D eigenvalue weighted by Crippen LogP contribution is -2.45. The topological polar surface area (TPSA) is 67.9 Å². The molecule has 0 aromatic heterocycles. The fourth-order valence-corrected chi connectivity index (χ4v) is 6.02. The maximum Gasteiger partial charge on any atom is 0.573 e. The summed E-state index contributed by atoms with van der Waals surface area (Å²) in [5, 5.41) is 0. The van der Waals surface area contributed by atoms with Crippen LogP contribution in [-0.2, 0) is 10.0 Å². The molecule has 1 fully saturated rings. The van der Waals surface area contributed by atoms with Crippen molar-refractivity contribution in [2.24, 2.45) is 0 Å². The van der Waals surface area contributed by atoms with Crippen molar-refractivity contribution in [3.8, 4) is 17.2 Å². The number of ether oxygens (including phenoxy) is 2. The highest BCUT2D eigenvalue weighted by Gasteiger charge is 2.35. The summed E-state index contributed by atoms with van der Waals surface area (Å²) in [5.41, 5.74) is 1.86.